The highest BCUT2D eigenvalue weighted by Gasteiger charge is 2.34. The summed E-state index contributed by atoms with van der Waals surface area (Å²) in [5, 5.41) is 3.49. The molecule has 122 valence electrons. The maximum absolute atomic E-state index is 12.2. The molecular formula is C15H28N2O3S. The lowest BCUT2D eigenvalue weighted by atomic mass is 10.1. The first-order valence-corrected chi connectivity index (χ1v) is 9.42. The summed E-state index contributed by atoms with van der Waals surface area (Å²) in [6.45, 7) is 7.18. The smallest absolute Gasteiger partial charge is 0.410 e. The van der Waals surface area contributed by atoms with Crippen molar-refractivity contribution in [1.82, 2.24) is 10.2 Å². The second-order valence-electron chi connectivity index (χ2n) is 6.98. The molecule has 0 aromatic heterocycles. The fourth-order valence-corrected chi connectivity index (χ4v) is 3.82. The topological polar surface area (TPSA) is 58.6 Å². The number of hydrogen-bond acceptors (Lipinski definition) is 4. The number of hydrogen-bond donors (Lipinski definition) is 1. The van der Waals surface area contributed by atoms with Gasteiger partial charge < -0.3 is 15.0 Å². The van der Waals surface area contributed by atoms with E-state index in [0.29, 0.717) is 18.6 Å². The molecule has 0 aromatic rings. The molecule has 1 aliphatic carbocycles. The third-order valence-electron chi connectivity index (χ3n) is 3.79. The van der Waals surface area contributed by atoms with Gasteiger partial charge >= 0.3 is 6.09 Å². The van der Waals surface area contributed by atoms with E-state index in [1.54, 1.807) is 0 Å². The van der Waals surface area contributed by atoms with Crippen LogP contribution in [0.25, 0.3) is 0 Å². The van der Waals surface area contributed by atoms with Gasteiger partial charge in [-0.3, -0.25) is 4.21 Å². The van der Waals surface area contributed by atoms with Gasteiger partial charge in [-0.2, -0.15) is 0 Å². The van der Waals surface area contributed by atoms with Gasteiger partial charge in [0.2, 0.25) is 0 Å². The zero-order valence-corrected chi connectivity index (χ0v) is 14.2. The molecule has 2 fully saturated rings. The Labute approximate surface area is 130 Å². The van der Waals surface area contributed by atoms with Crippen molar-refractivity contribution in [2.45, 2.75) is 64.1 Å². The lowest BCUT2D eigenvalue weighted by molar-refractivity contribution is 0.0234. The molecule has 1 saturated carbocycles. The molecule has 0 atom stereocenters. The predicted octanol–water partition coefficient (Wildman–Crippen LogP) is 1.89. The molecule has 1 amide bonds. The van der Waals surface area contributed by atoms with Gasteiger partial charge in [-0.1, -0.05) is 0 Å². The van der Waals surface area contributed by atoms with Crippen LogP contribution in [-0.4, -0.2) is 57.5 Å². The number of nitrogens with one attached hydrogen (secondary N) is 1. The Hall–Kier alpha value is -0.620. The van der Waals surface area contributed by atoms with Crippen molar-refractivity contribution in [3.63, 3.8) is 0 Å². The monoisotopic (exact) mass is 316 g/mol. The minimum atomic E-state index is -0.616. The van der Waals surface area contributed by atoms with E-state index in [1.165, 1.54) is 0 Å². The quantitative estimate of drug-likeness (QED) is 0.841. The molecule has 1 N–H and O–H groups in total. The average Bonchev–Trinajstić information content (AvgIpc) is 3.19. The van der Waals surface area contributed by atoms with Crippen LogP contribution in [0.15, 0.2) is 0 Å². The normalized spacial score (nSPS) is 26.4. The first-order valence-electron chi connectivity index (χ1n) is 7.93. The SMILES string of the molecule is CC(C)(C)OC(=O)N(CCNC1CCS(=O)CC1)C1CC1. The molecule has 1 heterocycles. The number of carbonyl (C=O) groups is 1. The van der Waals surface area contributed by atoms with Gasteiger partial charge in [0.05, 0.1) is 0 Å². The lowest BCUT2D eigenvalue weighted by Gasteiger charge is -2.29. The molecule has 1 saturated heterocycles. The third kappa shape index (κ3) is 5.94. The van der Waals surface area contributed by atoms with Gasteiger partial charge in [-0.25, -0.2) is 4.79 Å². The Morgan fingerprint density at radius 2 is 1.86 bits per heavy atom. The maximum atomic E-state index is 12.2. The Morgan fingerprint density at radius 1 is 1.24 bits per heavy atom. The number of nitrogens with zero attached hydrogens (tertiary/aromatic N) is 1. The van der Waals surface area contributed by atoms with Crippen LogP contribution in [0.5, 0.6) is 0 Å². The van der Waals surface area contributed by atoms with Crippen molar-refractivity contribution in [2.24, 2.45) is 0 Å². The van der Waals surface area contributed by atoms with Crippen molar-refractivity contribution in [3.05, 3.63) is 0 Å². The largest absolute Gasteiger partial charge is 0.444 e. The summed E-state index contributed by atoms with van der Waals surface area (Å²) in [6.07, 6.45) is 3.92. The number of ether oxygens (including phenoxy) is 1. The summed E-state index contributed by atoms with van der Waals surface area (Å²) in [5.74, 6) is 1.60. The minimum Gasteiger partial charge on any atom is -0.444 e. The number of carbonyl (C=O) groups excluding carboxylic acids is 1. The highest BCUT2D eigenvalue weighted by Crippen LogP contribution is 2.28. The van der Waals surface area contributed by atoms with E-state index < -0.39 is 16.4 Å². The van der Waals surface area contributed by atoms with Gasteiger partial charge in [0.15, 0.2) is 0 Å². The van der Waals surface area contributed by atoms with E-state index in [-0.39, 0.29) is 6.09 Å². The van der Waals surface area contributed by atoms with Gasteiger partial charge in [0.25, 0.3) is 0 Å². The van der Waals surface area contributed by atoms with Crippen LogP contribution in [-0.2, 0) is 15.5 Å². The predicted molar refractivity (Wildman–Crippen MR) is 84.9 cm³/mol. The Balaban J connectivity index is 1.73. The number of rotatable bonds is 5. The van der Waals surface area contributed by atoms with Crippen LogP contribution in [0.2, 0.25) is 0 Å². The van der Waals surface area contributed by atoms with E-state index in [0.717, 1.165) is 43.7 Å². The van der Waals surface area contributed by atoms with E-state index in [2.05, 4.69) is 5.32 Å². The Morgan fingerprint density at radius 3 is 2.38 bits per heavy atom. The average molecular weight is 316 g/mol. The summed E-state index contributed by atoms with van der Waals surface area (Å²) in [5.41, 5.74) is -0.439. The number of amides is 1. The Kier molecular flexibility index (Phi) is 5.66. The molecule has 0 bridgehead atoms. The summed E-state index contributed by atoms with van der Waals surface area (Å²) < 4.78 is 16.8. The van der Waals surface area contributed by atoms with E-state index >= 15 is 0 Å². The third-order valence-corrected chi connectivity index (χ3v) is 5.17. The first-order chi connectivity index (χ1) is 9.85. The van der Waals surface area contributed by atoms with Gasteiger partial charge in [-0.15, -0.1) is 0 Å². The molecule has 0 spiro atoms. The van der Waals surface area contributed by atoms with Crippen LogP contribution in [0, 0.1) is 0 Å². The fourth-order valence-electron chi connectivity index (χ4n) is 2.52. The first kappa shape index (κ1) is 16.7. The van der Waals surface area contributed by atoms with Crippen LogP contribution in [0.1, 0.15) is 46.5 Å². The van der Waals surface area contributed by atoms with Crippen LogP contribution < -0.4 is 5.32 Å². The Bertz CT molecular complexity index is 381. The van der Waals surface area contributed by atoms with Crippen molar-refractivity contribution in [2.75, 3.05) is 24.6 Å². The standard InChI is InChI=1S/C15H28N2O3S/c1-15(2,3)20-14(18)17(13-4-5-13)9-8-16-12-6-10-21(19)11-7-12/h12-13,16H,4-11H2,1-3H3. The van der Waals surface area contributed by atoms with Crippen molar-refractivity contribution in [3.8, 4) is 0 Å². The lowest BCUT2D eigenvalue weighted by Crippen LogP contribution is -2.44. The van der Waals surface area contributed by atoms with Gasteiger partial charge in [0, 0.05) is 47.5 Å². The van der Waals surface area contributed by atoms with Crippen molar-refractivity contribution >= 4 is 16.9 Å². The fraction of sp³-hybridized carbons (Fsp3) is 0.933. The zero-order chi connectivity index (χ0) is 15.5. The molecule has 0 radical (unpaired) electrons. The molecule has 21 heavy (non-hydrogen) atoms. The maximum Gasteiger partial charge on any atom is 0.410 e. The summed E-state index contributed by atoms with van der Waals surface area (Å²) in [4.78, 5) is 14.1. The van der Waals surface area contributed by atoms with Crippen LogP contribution in [0.3, 0.4) is 0 Å². The van der Waals surface area contributed by atoms with Crippen molar-refractivity contribution < 1.29 is 13.7 Å². The molecule has 0 aromatic carbocycles. The van der Waals surface area contributed by atoms with Gasteiger partial charge in [0.1, 0.15) is 5.60 Å². The second kappa shape index (κ2) is 7.09. The van der Waals surface area contributed by atoms with Crippen molar-refractivity contribution in [1.29, 1.82) is 0 Å². The van der Waals surface area contributed by atoms with E-state index in [4.69, 9.17) is 4.74 Å². The zero-order valence-electron chi connectivity index (χ0n) is 13.4. The molecule has 1 aliphatic heterocycles. The van der Waals surface area contributed by atoms with E-state index in [1.807, 2.05) is 25.7 Å². The van der Waals surface area contributed by atoms with E-state index in [9.17, 15) is 9.00 Å². The van der Waals surface area contributed by atoms with Crippen LogP contribution in [0.4, 0.5) is 4.79 Å². The second-order valence-corrected chi connectivity index (χ2v) is 8.68. The molecule has 5 nitrogen and oxygen atoms in total. The minimum absolute atomic E-state index is 0.198. The molecule has 2 aliphatic rings. The summed E-state index contributed by atoms with van der Waals surface area (Å²) >= 11 is 0. The highest BCUT2D eigenvalue weighted by molar-refractivity contribution is 7.85. The highest BCUT2D eigenvalue weighted by atomic mass is 32.2. The molecule has 2 rings (SSSR count). The molecule has 0 unspecified atom stereocenters. The summed E-state index contributed by atoms with van der Waals surface area (Å²) in [6, 6.07) is 0.808. The molecule has 6 heteroatoms. The summed E-state index contributed by atoms with van der Waals surface area (Å²) in [7, 11) is -0.616. The van der Waals surface area contributed by atoms with Gasteiger partial charge in [-0.05, 0) is 46.5 Å². The molecular weight excluding hydrogens is 288 g/mol. The van der Waals surface area contributed by atoms with Crippen LogP contribution >= 0.6 is 0 Å².